The third-order valence-corrected chi connectivity index (χ3v) is 9.98. The summed E-state index contributed by atoms with van der Waals surface area (Å²) < 4.78 is 0. The van der Waals surface area contributed by atoms with Crippen LogP contribution < -0.4 is 0 Å². The van der Waals surface area contributed by atoms with Crippen LogP contribution in [0.5, 0.6) is 0 Å². The van der Waals surface area contributed by atoms with Crippen LogP contribution in [0.1, 0.15) is 85.0 Å². The Kier molecular flexibility index (Phi) is 4.77. The molecule has 2 heteroatoms. The summed E-state index contributed by atoms with van der Waals surface area (Å²) in [6.07, 6.45) is 12.7. The van der Waals surface area contributed by atoms with Crippen LogP contribution in [0.2, 0.25) is 0 Å². The Morgan fingerprint density at radius 1 is 0.920 bits per heavy atom. The molecular weight excluding hydrogens is 308 g/mol. The van der Waals surface area contributed by atoms with Gasteiger partial charge in [-0.1, -0.05) is 20.8 Å². The Hall–Kier alpha value is -0.0800. The highest BCUT2D eigenvalue weighted by molar-refractivity contribution is 5.09. The minimum absolute atomic E-state index is 0.0290. The fourth-order valence-electron chi connectivity index (χ4n) is 8.62. The molecule has 0 aromatic carbocycles. The Morgan fingerprint density at radius 2 is 1.64 bits per heavy atom. The molecule has 0 spiro atoms. The Labute approximate surface area is 154 Å². The van der Waals surface area contributed by atoms with Crippen molar-refractivity contribution < 1.29 is 10.2 Å². The fraction of sp³-hybridized carbons (Fsp3) is 1.00. The molecule has 0 aromatic heterocycles. The highest BCUT2D eigenvalue weighted by atomic mass is 16.3. The van der Waals surface area contributed by atoms with E-state index in [0.29, 0.717) is 23.4 Å². The van der Waals surface area contributed by atoms with Crippen molar-refractivity contribution in [2.24, 2.45) is 46.3 Å². The highest BCUT2D eigenvalue weighted by Crippen LogP contribution is 2.68. The second-order valence-corrected chi connectivity index (χ2v) is 10.8. The SMILES string of the molecule is C[C@H](CCO)C1CCC2C3CCC4CC(O)CCC4(C)C3CCC21C. The Balaban J connectivity index is 1.56. The van der Waals surface area contributed by atoms with Crippen molar-refractivity contribution in [3.63, 3.8) is 0 Å². The zero-order valence-electron chi connectivity index (χ0n) is 16.7. The van der Waals surface area contributed by atoms with E-state index in [-0.39, 0.29) is 6.10 Å². The maximum atomic E-state index is 10.2. The normalized spacial score (nSPS) is 53.6. The Morgan fingerprint density at radius 3 is 2.40 bits per heavy atom. The van der Waals surface area contributed by atoms with E-state index in [2.05, 4.69) is 20.8 Å². The van der Waals surface area contributed by atoms with Crippen molar-refractivity contribution in [2.45, 2.75) is 91.1 Å². The molecule has 0 saturated heterocycles. The molecule has 144 valence electrons. The van der Waals surface area contributed by atoms with Crippen LogP contribution in [0.15, 0.2) is 0 Å². The van der Waals surface area contributed by atoms with Gasteiger partial charge in [-0.05, 0) is 111 Å². The van der Waals surface area contributed by atoms with Gasteiger partial charge in [0, 0.05) is 6.61 Å². The first kappa shape index (κ1) is 18.3. The zero-order chi connectivity index (χ0) is 17.8. The third-order valence-electron chi connectivity index (χ3n) is 9.98. The standard InChI is InChI=1S/C23H40O2/c1-15(10-13-24)19-6-7-20-18-5-4-16-14-17(25)8-11-22(16,2)21(18)9-12-23(19,20)3/h15-21,24-25H,4-14H2,1-3H3/t15-,16?,17?,18?,19?,20?,21?,22?,23?/m1/s1. The lowest BCUT2D eigenvalue weighted by molar-refractivity contribution is -0.129. The molecule has 0 radical (unpaired) electrons. The van der Waals surface area contributed by atoms with E-state index in [1.54, 1.807) is 0 Å². The largest absolute Gasteiger partial charge is 0.396 e. The van der Waals surface area contributed by atoms with Gasteiger partial charge in [0.1, 0.15) is 0 Å². The molecule has 0 amide bonds. The molecule has 4 aliphatic rings. The van der Waals surface area contributed by atoms with Gasteiger partial charge < -0.3 is 10.2 Å². The van der Waals surface area contributed by atoms with Gasteiger partial charge in [-0.3, -0.25) is 0 Å². The van der Waals surface area contributed by atoms with Gasteiger partial charge in [-0.2, -0.15) is 0 Å². The van der Waals surface area contributed by atoms with E-state index in [1.165, 1.54) is 44.9 Å². The number of aliphatic hydroxyl groups excluding tert-OH is 2. The van der Waals surface area contributed by atoms with E-state index in [4.69, 9.17) is 0 Å². The molecule has 0 aromatic rings. The molecule has 0 aliphatic heterocycles. The molecule has 2 nitrogen and oxygen atoms in total. The second kappa shape index (κ2) is 6.51. The van der Waals surface area contributed by atoms with Crippen LogP contribution in [0.3, 0.4) is 0 Å². The van der Waals surface area contributed by atoms with Crippen LogP contribution in [-0.4, -0.2) is 22.9 Å². The minimum Gasteiger partial charge on any atom is -0.396 e. The number of hydrogen-bond acceptors (Lipinski definition) is 2. The molecule has 4 fully saturated rings. The monoisotopic (exact) mass is 348 g/mol. The lowest BCUT2D eigenvalue weighted by Gasteiger charge is -2.61. The average molecular weight is 349 g/mol. The van der Waals surface area contributed by atoms with Crippen molar-refractivity contribution in [1.82, 2.24) is 0 Å². The maximum Gasteiger partial charge on any atom is 0.0543 e. The molecule has 4 rings (SSSR count). The fourth-order valence-corrected chi connectivity index (χ4v) is 8.62. The van der Waals surface area contributed by atoms with Gasteiger partial charge in [-0.15, -0.1) is 0 Å². The summed E-state index contributed by atoms with van der Waals surface area (Å²) in [5.41, 5.74) is 1.02. The smallest absolute Gasteiger partial charge is 0.0543 e. The first-order valence-electron chi connectivity index (χ1n) is 11.2. The van der Waals surface area contributed by atoms with Gasteiger partial charge in [0.15, 0.2) is 0 Å². The summed E-state index contributed by atoms with van der Waals surface area (Å²) in [7, 11) is 0. The van der Waals surface area contributed by atoms with Gasteiger partial charge in [-0.25, -0.2) is 0 Å². The van der Waals surface area contributed by atoms with Crippen molar-refractivity contribution in [1.29, 1.82) is 0 Å². The zero-order valence-corrected chi connectivity index (χ0v) is 16.7. The lowest BCUT2D eigenvalue weighted by Crippen LogP contribution is -2.54. The molecule has 4 aliphatic carbocycles. The topological polar surface area (TPSA) is 40.5 Å². The van der Waals surface area contributed by atoms with Crippen LogP contribution in [0.25, 0.3) is 0 Å². The van der Waals surface area contributed by atoms with Crippen LogP contribution in [0.4, 0.5) is 0 Å². The van der Waals surface area contributed by atoms with Crippen molar-refractivity contribution >= 4 is 0 Å². The van der Waals surface area contributed by atoms with Gasteiger partial charge in [0.2, 0.25) is 0 Å². The van der Waals surface area contributed by atoms with E-state index in [1.807, 2.05) is 0 Å². The minimum atomic E-state index is -0.0290. The lowest BCUT2D eigenvalue weighted by atomic mass is 9.44. The average Bonchev–Trinajstić information content (AvgIpc) is 2.93. The maximum absolute atomic E-state index is 10.2. The predicted octanol–water partition coefficient (Wildman–Crippen LogP) is 5.02. The van der Waals surface area contributed by atoms with Crippen LogP contribution in [0, 0.1) is 46.3 Å². The first-order valence-corrected chi connectivity index (χ1v) is 11.2. The van der Waals surface area contributed by atoms with E-state index in [9.17, 15) is 10.2 Å². The summed E-state index contributed by atoms with van der Waals surface area (Å²) in [5.74, 6) is 5.03. The summed E-state index contributed by atoms with van der Waals surface area (Å²) in [4.78, 5) is 0. The summed E-state index contributed by atoms with van der Waals surface area (Å²) in [6.45, 7) is 7.94. The second-order valence-electron chi connectivity index (χ2n) is 10.8. The van der Waals surface area contributed by atoms with Crippen LogP contribution in [-0.2, 0) is 0 Å². The third kappa shape index (κ3) is 2.73. The van der Waals surface area contributed by atoms with E-state index >= 15 is 0 Å². The molecule has 8 unspecified atom stereocenters. The predicted molar refractivity (Wildman–Crippen MR) is 102 cm³/mol. The Bertz CT molecular complexity index is 490. The van der Waals surface area contributed by atoms with E-state index < -0.39 is 0 Å². The number of rotatable bonds is 3. The molecule has 0 heterocycles. The highest BCUT2D eigenvalue weighted by Gasteiger charge is 2.60. The molecular formula is C23H40O2. The van der Waals surface area contributed by atoms with E-state index in [0.717, 1.165) is 48.9 Å². The van der Waals surface area contributed by atoms with Crippen LogP contribution >= 0.6 is 0 Å². The quantitative estimate of drug-likeness (QED) is 0.751. The summed E-state index contributed by atoms with van der Waals surface area (Å²) in [6, 6.07) is 0. The number of hydrogen-bond donors (Lipinski definition) is 2. The molecule has 25 heavy (non-hydrogen) atoms. The molecule has 0 bridgehead atoms. The first-order chi connectivity index (χ1) is 11.9. The molecule has 4 saturated carbocycles. The van der Waals surface area contributed by atoms with Gasteiger partial charge in [0.25, 0.3) is 0 Å². The molecule has 2 N–H and O–H groups in total. The van der Waals surface area contributed by atoms with Gasteiger partial charge in [0.05, 0.1) is 6.10 Å². The molecule has 9 atom stereocenters. The van der Waals surface area contributed by atoms with Crippen molar-refractivity contribution in [2.75, 3.05) is 6.61 Å². The van der Waals surface area contributed by atoms with Crippen molar-refractivity contribution in [3.05, 3.63) is 0 Å². The number of aliphatic hydroxyl groups is 2. The summed E-state index contributed by atoms with van der Waals surface area (Å²) >= 11 is 0. The van der Waals surface area contributed by atoms with Gasteiger partial charge >= 0.3 is 0 Å². The number of fused-ring (bicyclic) bond motifs is 5. The van der Waals surface area contributed by atoms with Crippen molar-refractivity contribution in [3.8, 4) is 0 Å². The summed E-state index contributed by atoms with van der Waals surface area (Å²) in [5, 5.41) is 19.6.